The Morgan fingerprint density at radius 1 is 1.25 bits per heavy atom. The third-order valence-electron chi connectivity index (χ3n) is 3.30. The van der Waals surface area contributed by atoms with Gasteiger partial charge in [-0.3, -0.25) is 9.59 Å². The Labute approximate surface area is 116 Å². The lowest BCUT2D eigenvalue weighted by Gasteiger charge is -2.33. The minimum Gasteiger partial charge on any atom is -0.333 e. The van der Waals surface area contributed by atoms with Crippen molar-refractivity contribution < 1.29 is 14.0 Å². The highest BCUT2D eigenvalue weighted by atomic mass is 19.1. The van der Waals surface area contributed by atoms with Gasteiger partial charge in [0.1, 0.15) is 11.9 Å². The van der Waals surface area contributed by atoms with E-state index < -0.39 is 17.6 Å². The summed E-state index contributed by atoms with van der Waals surface area (Å²) >= 11 is 0. The molecule has 0 radical (unpaired) electrons. The first-order chi connectivity index (χ1) is 9.56. The normalized spacial score (nSPS) is 15.4. The van der Waals surface area contributed by atoms with Gasteiger partial charge in [0.25, 0.3) is 0 Å². The fraction of sp³-hybridized carbons (Fsp3) is 0.357. The number of likely N-dealkylation sites (N-methyl/N-ethyl adjacent to an activating group) is 1. The number of halogens is 1. The van der Waals surface area contributed by atoms with E-state index in [2.05, 4.69) is 0 Å². The Bertz CT molecular complexity index is 595. The Morgan fingerprint density at radius 2 is 1.90 bits per heavy atom. The second-order valence-electron chi connectivity index (χ2n) is 4.54. The molecular formula is C14H14FN3O2. The summed E-state index contributed by atoms with van der Waals surface area (Å²) in [6.07, 6.45) is 0. The summed E-state index contributed by atoms with van der Waals surface area (Å²) in [5.74, 6) is -1.66. The highest BCUT2D eigenvalue weighted by Gasteiger charge is 2.31. The molecular weight excluding hydrogens is 261 g/mol. The third-order valence-corrected chi connectivity index (χ3v) is 3.30. The van der Waals surface area contributed by atoms with E-state index in [0.717, 1.165) is 0 Å². The minimum atomic E-state index is -0.588. The van der Waals surface area contributed by atoms with Crippen molar-refractivity contribution in [3.63, 3.8) is 0 Å². The Hall–Kier alpha value is -2.42. The molecule has 6 heteroatoms. The lowest BCUT2D eigenvalue weighted by Crippen LogP contribution is -2.53. The van der Waals surface area contributed by atoms with Crippen LogP contribution in [-0.4, -0.2) is 41.2 Å². The van der Waals surface area contributed by atoms with Crippen LogP contribution < -0.4 is 0 Å². The van der Waals surface area contributed by atoms with Crippen molar-refractivity contribution in [2.75, 3.05) is 19.6 Å². The van der Waals surface area contributed by atoms with E-state index in [1.54, 1.807) is 6.07 Å². The first kappa shape index (κ1) is 14.0. The van der Waals surface area contributed by atoms with Crippen LogP contribution in [0.1, 0.15) is 18.1 Å². The molecule has 1 aromatic carbocycles. The number of carbonyl (C=O) groups is 2. The van der Waals surface area contributed by atoms with Crippen molar-refractivity contribution in [1.82, 2.24) is 9.80 Å². The molecule has 2 amide bonds. The van der Waals surface area contributed by atoms with E-state index in [0.29, 0.717) is 25.2 Å². The van der Waals surface area contributed by atoms with Crippen LogP contribution in [0.25, 0.3) is 0 Å². The average molecular weight is 275 g/mol. The highest BCUT2D eigenvalue weighted by Crippen LogP contribution is 2.14. The molecule has 20 heavy (non-hydrogen) atoms. The molecule has 0 saturated carbocycles. The summed E-state index contributed by atoms with van der Waals surface area (Å²) < 4.78 is 13.2. The zero-order valence-corrected chi connectivity index (χ0v) is 11.1. The first-order valence-corrected chi connectivity index (χ1v) is 6.33. The SMILES string of the molecule is CCN1CCN(Cc2ccc(F)c(C#N)c2)C(=O)C1=O. The average Bonchev–Trinajstić information content (AvgIpc) is 2.46. The molecule has 0 atom stereocenters. The fourth-order valence-corrected chi connectivity index (χ4v) is 2.14. The van der Waals surface area contributed by atoms with Crippen LogP contribution in [0.15, 0.2) is 18.2 Å². The van der Waals surface area contributed by atoms with E-state index in [1.165, 1.54) is 28.0 Å². The second kappa shape index (κ2) is 5.70. The van der Waals surface area contributed by atoms with Gasteiger partial charge in [0.05, 0.1) is 5.56 Å². The van der Waals surface area contributed by atoms with E-state index in [-0.39, 0.29) is 12.1 Å². The van der Waals surface area contributed by atoms with E-state index >= 15 is 0 Å². The van der Waals surface area contributed by atoms with Gasteiger partial charge in [-0.1, -0.05) is 6.07 Å². The van der Waals surface area contributed by atoms with Gasteiger partial charge >= 0.3 is 11.8 Å². The summed E-state index contributed by atoms with van der Waals surface area (Å²) in [4.78, 5) is 26.6. The number of rotatable bonds is 3. The maximum atomic E-state index is 13.2. The summed E-state index contributed by atoms with van der Waals surface area (Å²) in [5, 5.41) is 8.78. The Kier molecular flexibility index (Phi) is 3.99. The smallest absolute Gasteiger partial charge is 0.312 e. The monoisotopic (exact) mass is 275 g/mol. The van der Waals surface area contributed by atoms with Gasteiger partial charge in [0.2, 0.25) is 0 Å². The number of piperazine rings is 1. The van der Waals surface area contributed by atoms with Gasteiger partial charge in [-0.2, -0.15) is 5.26 Å². The van der Waals surface area contributed by atoms with Crippen LogP contribution >= 0.6 is 0 Å². The number of nitrogens with zero attached hydrogens (tertiary/aromatic N) is 3. The van der Waals surface area contributed by atoms with Gasteiger partial charge in [0.15, 0.2) is 0 Å². The molecule has 0 aliphatic carbocycles. The van der Waals surface area contributed by atoms with Crippen molar-refractivity contribution in [2.45, 2.75) is 13.5 Å². The lowest BCUT2D eigenvalue weighted by molar-refractivity contribution is -0.156. The second-order valence-corrected chi connectivity index (χ2v) is 4.54. The van der Waals surface area contributed by atoms with Crippen molar-refractivity contribution in [2.24, 2.45) is 0 Å². The van der Waals surface area contributed by atoms with Crippen LogP contribution in [0, 0.1) is 17.1 Å². The van der Waals surface area contributed by atoms with Crippen LogP contribution in [-0.2, 0) is 16.1 Å². The summed E-state index contributed by atoms with van der Waals surface area (Å²) in [6.45, 7) is 3.47. The summed E-state index contributed by atoms with van der Waals surface area (Å²) in [5.41, 5.74) is 0.572. The molecule has 0 bridgehead atoms. The molecule has 1 fully saturated rings. The molecule has 0 N–H and O–H groups in total. The van der Waals surface area contributed by atoms with Crippen molar-refractivity contribution in [1.29, 1.82) is 5.26 Å². The standard InChI is InChI=1S/C14H14FN3O2/c1-2-17-5-6-18(14(20)13(17)19)9-10-3-4-12(15)11(7-10)8-16/h3-4,7H,2,5-6,9H2,1H3. The van der Waals surface area contributed by atoms with Crippen LogP contribution in [0.2, 0.25) is 0 Å². The zero-order chi connectivity index (χ0) is 14.7. The quantitative estimate of drug-likeness (QED) is 0.769. The number of benzene rings is 1. The third kappa shape index (κ3) is 2.62. The maximum Gasteiger partial charge on any atom is 0.312 e. The molecule has 1 aliphatic rings. The molecule has 1 aromatic rings. The molecule has 5 nitrogen and oxygen atoms in total. The largest absolute Gasteiger partial charge is 0.333 e. The summed E-state index contributed by atoms with van der Waals surface area (Å²) in [6, 6.07) is 5.87. The van der Waals surface area contributed by atoms with Gasteiger partial charge in [-0.15, -0.1) is 0 Å². The zero-order valence-electron chi connectivity index (χ0n) is 11.1. The predicted molar refractivity (Wildman–Crippen MR) is 68.8 cm³/mol. The molecule has 1 aliphatic heterocycles. The maximum absolute atomic E-state index is 13.2. The van der Waals surface area contributed by atoms with Crippen molar-refractivity contribution in [3.05, 3.63) is 35.1 Å². The molecule has 1 saturated heterocycles. The minimum absolute atomic E-state index is 0.0616. The van der Waals surface area contributed by atoms with E-state index in [1.807, 2.05) is 6.92 Å². The number of nitriles is 1. The number of hydrogen-bond donors (Lipinski definition) is 0. The van der Waals surface area contributed by atoms with Gasteiger partial charge in [0, 0.05) is 26.2 Å². The summed E-state index contributed by atoms with van der Waals surface area (Å²) in [7, 11) is 0. The number of amides is 2. The molecule has 104 valence electrons. The molecule has 0 spiro atoms. The highest BCUT2D eigenvalue weighted by molar-refractivity contribution is 6.35. The van der Waals surface area contributed by atoms with Gasteiger partial charge in [-0.25, -0.2) is 4.39 Å². The molecule has 1 heterocycles. The number of hydrogen-bond acceptors (Lipinski definition) is 3. The first-order valence-electron chi connectivity index (χ1n) is 6.33. The van der Waals surface area contributed by atoms with E-state index in [4.69, 9.17) is 5.26 Å². The topological polar surface area (TPSA) is 64.4 Å². The van der Waals surface area contributed by atoms with Crippen LogP contribution in [0.4, 0.5) is 4.39 Å². The number of carbonyl (C=O) groups excluding carboxylic acids is 2. The van der Waals surface area contributed by atoms with Crippen molar-refractivity contribution >= 4 is 11.8 Å². The van der Waals surface area contributed by atoms with Crippen molar-refractivity contribution in [3.8, 4) is 6.07 Å². The predicted octanol–water partition coefficient (Wildman–Crippen LogP) is 0.888. The lowest BCUT2D eigenvalue weighted by atomic mass is 10.1. The Morgan fingerprint density at radius 3 is 2.55 bits per heavy atom. The fourth-order valence-electron chi connectivity index (χ4n) is 2.14. The molecule has 0 aromatic heterocycles. The van der Waals surface area contributed by atoms with E-state index in [9.17, 15) is 14.0 Å². The molecule has 2 rings (SSSR count). The van der Waals surface area contributed by atoms with Crippen LogP contribution in [0.3, 0.4) is 0 Å². The van der Waals surface area contributed by atoms with Crippen LogP contribution in [0.5, 0.6) is 0 Å². The van der Waals surface area contributed by atoms with Gasteiger partial charge < -0.3 is 9.80 Å². The Balaban J connectivity index is 2.13. The van der Waals surface area contributed by atoms with Gasteiger partial charge in [-0.05, 0) is 24.6 Å². The molecule has 0 unspecified atom stereocenters.